The summed E-state index contributed by atoms with van der Waals surface area (Å²) < 4.78 is 6.13. The van der Waals surface area contributed by atoms with Crippen LogP contribution in [0, 0.1) is 13.8 Å². The zero-order chi connectivity index (χ0) is 11.5. The summed E-state index contributed by atoms with van der Waals surface area (Å²) >= 11 is 0. The average molecular weight is 219 g/mol. The molecule has 0 saturated heterocycles. The normalized spacial score (nSPS) is 24.7. The minimum atomic E-state index is 0.338. The Balaban J connectivity index is 2.11. The Morgan fingerprint density at radius 2 is 2.06 bits per heavy atom. The van der Waals surface area contributed by atoms with Crippen molar-refractivity contribution in [3.8, 4) is 5.75 Å². The summed E-state index contributed by atoms with van der Waals surface area (Å²) in [5, 5.41) is 3.34. The first kappa shape index (κ1) is 11.5. The van der Waals surface area contributed by atoms with E-state index in [2.05, 4.69) is 37.4 Å². The van der Waals surface area contributed by atoms with E-state index in [1.807, 2.05) is 7.05 Å². The van der Waals surface area contributed by atoms with Gasteiger partial charge >= 0.3 is 0 Å². The highest BCUT2D eigenvalue weighted by molar-refractivity contribution is 5.36. The minimum absolute atomic E-state index is 0.338. The Hall–Kier alpha value is -1.02. The van der Waals surface area contributed by atoms with Gasteiger partial charge in [-0.2, -0.15) is 0 Å². The molecule has 1 N–H and O–H groups in total. The van der Waals surface area contributed by atoms with Crippen molar-refractivity contribution in [3.05, 3.63) is 29.3 Å². The molecule has 1 aromatic rings. The summed E-state index contributed by atoms with van der Waals surface area (Å²) in [6, 6.07) is 6.92. The number of rotatable bonds is 3. The van der Waals surface area contributed by atoms with Crippen molar-refractivity contribution in [2.45, 2.75) is 45.3 Å². The van der Waals surface area contributed by atoms with Gasteiger partial charge in [0.25, 0.3) is 0 Å². The van der Waals surface area contributed by atoms with Gasteiger partial charge in [-0.05, 0) is 57.4 Å². The van der Waals surface area contributed by atoms with E-state index in [1.165, 1.54) is 30.4 Å². The number of likely N-dealkylation sites (N-methyl/N-ethyl adjacent to an activating group) is 1. The molecule has 2 atom stereocenters. The van der Waals surface area contributed by atoms with E-state index in [-0.39, 0.29) is 0 Å². The van der Waals surface area contributed by atoms with Crippen molar-refractivity contribution in [3.63, 3.8) is 0 Å². The second kappa shape index (κ2) is 4.88. The molecule has 1 aliphatic rings. The Bertz CT molecular complexity index is 362. The maximum Gasteiger partial charge on any atom is 0.122 e. The molecule has 0 aromatic heterocycles. The highest BCUT2D eigenvalue weighted by Crippen LogP contribution is 2.27. The molecule has 0 radical (unpaired) electrons. The van der Waals surface area contributed by atoms with Crippen LogP contribution in [0.4, 0.5) is 0 Å². The summed E-state index contributed by atoms with van der Waals surface area (Å²) in [4.78, 5) is 0. The topological polar surface area (TPSA) is 21.3 Å². The average Bonchev–Trinajstić information content (AvgIpc) is 2.71. The first-order valence-electron chi connectivity index (χ1n) is 6.12. The molecule has 1 saturated carbocycles. The SMILES string of the molecule is CNC1CCCC1Oc1cc(C)ccc1C. The van der Waals surface area contributed by atoms with E-state index in [0.717, 1.165) is 5.75 Å². The van der Waals surface area contributed by atoms with Crippen LogP contribution in [0.2, 0.25) is 0 Å². The van der Waals surface area contributed by atoms with Crippen LogP contribution in [0.15, 0.2) is 18.2 Å². The predicted molar refractivity (Wildman–Crippen MR) is 67.0 cm³/mol. The van der Waals surface area contributed by atoms with Crippen LogP contribution in [-0.4, -0.2) is 19.2 Å². The molecule has 0 bridgehead atoms. The summed E-state index contributed by atoms with van der Waals surface area (Å²) in [5.74, 6) is 1.05. The van der Waals surface area contributed by atoms with Gasteiger partial charge in [0.1, 0.15) is 11.9 Å². The molecule has 0 aliphatic heterocycles. The summed E-state index contributed by atoms with van der Waals surface area (Å²) in [5.41, 5.74) is 2.49. The van der Waals surface area contributed by atoms with Gasteiger partial charge in [0.2, 0.25) is 0 Å². The number of benzene rings is 1. The number of nitrogens with one attached hydrogen (secondary N) is 1. The lowest BCUT2D eigenvalue weighted by Crippen LogP contribution is -2.36. The highest BCUT2D eigenvalue weighted by Gasteiger charge is 2.27. The van der Waals surface area contributed by atoms with E-state index in [1.54, 1.807) is 0 Å². The molecular formula is C14H21NO. The third-order valence-corrected chi connectivity index (χ3v) is 3.45. The van der Waals surface area contributed by atoms with Gasteiger partial charge in [-0.15, -0.1) is 0 Å². The van der Waals surface area contributed by atoms with Crippen LogP contribution < -0.4 is 10.1 Å². The predicted octanol–water partition coefficient (Wildman–Crippen LogP) is 2.82. The monoisotopic (exact) mass is 219 g/mol. The van der Waals surface area contributed by atoms with E-state index in [4.69, 9.17) is 4.74 Å². The van der Waals surface area contributed by atoms with Crippen LogP contribution in [0.1, 0.15) is 30.4 Å². The molecule has 0 heterocycles. The minimum Gasteiger partial charge on any atom is -0.489 e. The molecule has 88 valence electrons. The van der Waals surface area contributed by atoms with Gasteiger partial charge < -0.3 is 10.1 Å². The van der Waals surface area contributed by atoms with Crippen molar-refractivity contribution in [1.29, 1.82) is 0 Å². The molecule has 0 amide bonds. The molecule has 2 heteroatoms. The van der Waals surface area contributed by atoms with E-state index in [9.17, 15) is 0 Å². The quantitative estimate of drug-likeness (QED) is 0.844. The smallest absolute Gasteiger partial charge is 0.122 e. The first-order valence-corrected chi connectivity index (χ1v) is 6.12. The zero-order valence-corrected chi connectivity index (χ0v) is 10.4. The molecule has 1 aromatic carbocycles. The highest BCUT2D eigenvalue weighted by atomic mass is 16.5. The third kappa shape index (κ3) is 2.38. The van der Waals surface area contributed by atoms with Gasteiger partial charge in [-0.1, -0.05) is 12.1 Å². The first-order chi connectivity index (χ1) is 7.70. The Kier molecular flexibility index (Phi) is 3.49. The molecule has 0 spiro atoms. The Morgan fingerprint density at radius 1 is 1.25 bits per heavy atom. The molecule has 2 nitrogen and oxygen atoms in total. The number of ether oxygens (including phenoxy) is 1. The van der Waals surface area contributed by atoms with Gasteiger partial charge in [-0.3, -0.25) is 0 Å². The second-order valence-corrected chi connectivity index (χ2v) is 4.75. The van der Waals surface area contributed by atoms with Crippen LogP contribution in [0.5, 0.6) is 5.75 Å². The van der Waals surface area contributed by atoms with Crippen molar-refractivity contribution in [2.75, 3.05) is 7.05 Å². The fourth-order valence-corrected chi connectivity index (χ4v) is 2.39. The standard InChI is InChI=1S/C14H21NO/c1-10-7-8-11(2)14(9-10)16-13-6-4-5-12(13)15-3/h7-9,12-13,15H,4-6H2,1-3H3. The zero-order valence-electron chi connectivity index (χ0n) is 10.4. The largest absolute Gasteiger partial charge is 0.489 e. The number of hydrogen-bond donors (Lipinski definition) is 1. The number of hydrogen-bond acceptors (Lipinski definition) is 2. The van der Waals surface area contributed by atoms with Crippen molar-refractivity contribution in [1.82, 2.24) is 5.32 Å². The lowest BCUT2D eigenvalue weighted by molar-refractivity contribution is 0.177. The van der Waals surface area contributed by atoms with Gasteiger partial charge in [0.15, 0.2) is 0 Å². The molecule has 1 aliphatic carbocycles. The van der Waals surface area contributed by atoms with E-state index >= 15 is 0 Å². The molecule has 2 rings (SSSR count). The lowest BCUT2D eigenvalue weighted by Gasteiger charge is -2.22. The summed E-state index contributed by atoms with van der Waals surface area (Å²) in [6.45, 7) is 4.22. The third-order valence-electron chi connectivity index (χ3n) is 3.45. The van der Waals surface area contributed by atoms with E-state index < -0.39 is 0 Å². The molecule has 2 unspecified atom stereocenters. The fraction of sp³-hybridized carbons (Fsp3) is 0.571. The maximum atomic E-state index is 6.13. The summed E-state index contributed by atoms with van der Waals surface area (Å²) in [6.07, 6.45) is 4.00. The van der Waals surface area contributed by atoms with E-state index in [0.29, 0.717) is 12.1 Å². The van der Waals surface area contributed by atoms with Gasteiger partial charge in [0.05, 0.1) is 0 Å². The van der Waals surface area contributed by atoms with Crippen LogP contribution in [0.3, 0.4) is 0 Å². The van der Waals surface area contributed by atoms with Crippen LogP contribution >= 0.6 is 0 Å². The van der Waals surface area contributed by atoms with Crippen molar-refractivity contribution in [2.24, 2.45) is 0 Å². The lowest BCUT2D eigenvalue weighted by atomic mass is 10.1. The van der Waals surface area contributed by atoms with Crippen LogP contribution in [-0.2, 0) is 0 Å². The Labute approximate surface area is 98.0 Å². The van der Waals surface area contributed by atoms with Crippen molar-refractivity contribution >= 4 is 0 Å². The molecular weight excluding hydrogens is 198 g/mol. The molecule has 16 heavy (non-hydrogen) atoms. The summed E-state index contributed by atoms with van der Waals surface area (Å²) in [7, 11) is 2.02. The second-order valence-electron chi connectivity index (χ2n) is 4.75. The Morgan fingerprint density at radius 3 is 2.81 bits per heavy atom. The number of aryl methyl sites for hydroxylation is 2. The van der Waals surface area contributed by atoms with Gasteiger partial charge in [0, 0.05) is 6.04 Å². The van der Waals surface area contributed by atoms with Crippen LogP contribution in [0.25, 0.3) is 0 Å². The molecule has 1 fully saturated rings. The van der Waals surface area contributed by atoms with Gasteiger partial charge in [-0.25, -0.2) is 0 Å². The fourth-order valence-electron chi connectivity index (χ4n) is 2.39. The van der Waals surface area contributed by atoms with Crippen molar-refractivity contribution < 1.29 is 4.74 Å². The maximum absolute atomic E-state index is 6.13.